The Morgan fingerprint density at radius 2 is 1.04 bits per heavy atom. The van der Waals surface area contributed by atoms with E-state index in [1.807, 2.05) is 11.3 Å². The Bertz CT molecular complexity index is 2820. The molecule has 0 fully saturated rings. The van der Waals surface area contributed by atoms with Crippen LogP contribution in [-0.4, -0.2) is 4.57 Å². The summed E-state index contributed by atoms with van der Waals surface area (Å²) in [7, 11) is 0. The van der Waals surface area contributed by atoms with Gasteiger partial charge in [0.2, 0.25) is 0 Å². The molecule has 0 atom stereocenters. The van der Waals surface area contributed by atoms with Crippen LogP contribution in [0.2, 0.25) is 0 Å². The predicted molar refractivity (Wildman–Crippen MR) is 211 cm³/mol. The highest BCUT2D eigenvalue weighted by Gasteiger charge is 2.19. The smallest absolute Gasteiger partial charge is 0.0542 e. The second-order valence-corrected chi connectivity index (χ2v) is 13.7. The van der Waals surface area contributed by atoms with Gasteiger partial charge in [-0.1, -0.05) is 109 Å². The first-order valence-corrected chi connectivity index (χ1v) is 17.5. The minimum absolute atomic E-state index is 1.12. The average molecular weight is 643 g/mol. The van der Waals surface area contributed by atoms with Crippen molar-refractivity contribution in [2.45, 2.75) is 0 Å². The number of hydrogen-bond donors (Lipinski definition) is 0. The second-order valence-electron chi connectivity index (χ2n) is 12.6. The molecule has 0 unspecified atom stereocenters. The number of rotatable bonds is 5. The molecule has 0 aliphatic heterocycles. The molecule has 0 saturated carbocycles. The minimum Gasteiger partial charge on any atom is -0.310 e. The zero-order valence-electron chi connectivity index (χ0n) is 26.6. The van der Waals surface area contributed by atoms with E-state index in [1.54, 1.807) is 0 Å². The molecule has 0 aliphatic rings. The average Bonchev–Trinajstić information content (AvgIpc) is 3.71. The number of hydrogen-bond acceptors (Lipinski definition) is 2. The van der Waals surface area contributed by atoms with Crippen molar-refractivity contribution in [3.8, 4) is 16.8 Å². The molecule has 0 aliphatic carbocycles. The van der Waals surface area contributed by atoms with Gasteiger partial charge in [-0.3, -0.25) is 0 Å². The lowest BCUT2D eigenvalue weighted by Crippen LogP contribution is -2.10. The van der Waals surface area contributed by atoms with Crippen molar-refractivity contribution in [2.75, 3.05) is 4.90 Å². The van der Waals surface area contributed by atoms with E-state index in [-0.39, 0.29) is 0 Å². The van der Waals surface area contributed by atoms with Crippen LogP contribution >= 0.6 is 11.3 Å². The maximum atomic E-state index is 2.41. The van der Waals surface area contributed by atoms with Crippen LogP contribution in [-0.2, 0) is 0 Å². The maximum absolute atomic E-state index is 2.41. The summed E-state index contributed by atoms with van der Waals surface area (Å²) in [6.07, 6.45) is 0. The van der Waals surface area contributed by atoms with Gasteiger partial charge in [-0.25, -0.2) is 0 Å². The third-order valence-corrected chi connectivity index (χ3v) is 10.9. The summed E-state index contributed by atoms with van der Waals surface area (Å²) in [5, 5.41) is 7.56. The molecule has 49 heavy (non-hydrogen) atoms. The number of thiophene rings is 1. The molecular formula is C46H30N2S. The largest absolute Gasteiger partial charge is 0.310 e. The van der Waals surface area contributed by atoms with E-state index >= 15 is 0 Å². The van der Waals surface area contributed by atoms with Gasteiger partial charge in [-0.2, -0.15) is 0 Å². The minimum atomic E-state index is 1.12. The zero-order chi connectivity index (χ0) is 32.3. The van der Waals surface area contributed by atoms with Gasteiger partial charge >= 0.3 is 0 Å². The molecule has 0 spiro atoms. The summed E-state index contributed by atoms with van der Waals surface area (Å²) in [4.78, 5) is 2.41. The van der Waals surface area contributed by atoms with Gasteiger partial charge in [0.15, 0.2) is 0 Å². The van der Waals surface area contributed by atoms with Crippen molar-refractivity contribution in [1.29, 1.82) is 0 Å². The summed E-state index contributed by atoms with van der Waals surface area (Å²) in [6, 6.07) is 66.2. The van der Waals surface area contributed by atoms with Crippen LogP contribution in [0.15, 0.2) is 182 Å². The van der Waals surface area contributed by atoms with Gasteiger partial charge in [-0.15, -0.1) is 11.3 Å². The van der Waals surface area contributed by atoms with Gasteiger partial charge in [-0.05, 0) is 89.3 Å². The van der Waals surface area contributed by atoms with E-state index in [0.717, 1.165) is 22.7 Å². The van der Waals surface area contributed by atoms with Crippen molar-refractivity contribution in [2.24, 2.45) is 0 Å². The molecule has 0 N–H and O–H groups in total. The van der Waals surface area contributed by atoms with E-state index in [0.29, 0.717) is 0 Å². The maximum Gasteiger partial charge on any atom is 0.0542 e. The van der Waals surface area contributed by atoms with Gasteiger partial charge in [0.05, 0.1) is 16.7 Å². The molecule has 3 heteroatoms. The highest BCUT2D eigenvalue weighted by atomic mass is 32.1. The first kappa shape index (κ1) is 27.9. The van der Waals surface area contributed by atoms with Crippen molar-refractivity contribution < 1.29 is 0 Å². The number of benzene rings is 8. The highest BCUT2D eigenvalue weighted by molar-refractivity contribution is 7.25. The Balaban J connectivity index is 1.15. The highest BCUT2D eigenvalue weighted by Crippen LogP contribution is 2.43. The summed E-state index contributed by atoms with van der Waals surface area (Å²) in [5.41, 5.74) is 9.40. The lowest BCUT2D eigenvalue weighted by molar-refractivity contribution is 1.18. The third-order valence-electron chi connectivity index (χ3n) is 9.77. The topological polar surface area (TPSA) is 8.17 Å². The van der Waals surface area contributed by atoms with E-state index in [9.17, 15) is 0 Å². The van der Waals surface area contributed by atoms with Crippen LogP contribution in [0.1, 0.15) is 0 Å². The Morgan fingerprint density at radius 3 is 1.92 bits per heavy atom. The zero-order valence-corrected chi connectivity index (χ0v) is 27.4. The Kier molecular flexibility index (Phi) is 6.39. The molecule has 8 aromatic carbocycles. The second kappa shape index (κ2) is 11.2. The summed E-state index contributed by atoms with van der Waals surface area (Å²) >= 11 is 1.86. The van der Waals surface area contributed by atoms with Crippen LogP contribution in [0.25, 0.3) is 69.6 Å². The fourth-order valence-corrected chi connectivity index (χ4v) is 8.58. The lowest BCUT2D eigenvalue weighted by Gasteiger charge is -2.27. The number of para-hydroxylation sites is 2. The molecule has 0 radical (unpaired) electrons. The Labute approximate surface area is 288 Å². The first-order chi connectivity index (χ1) is 24.3. The van der Waals surface area contributed by atoms with Crippen molar-refractivity contribution >= 4 is 81.1 Å². The molecule has 2 nitrogen and oxygen atoms in total. The van der Waals surface area contributed by atoms with E-state index in [4.69, 9.17) is 0 Å². The molecule has 0 amide bonds. The SMILES string of the molecule is c1ccc(-n2c3ccccc3c3cc(N(c4ccc(-c5ccc6sc7ccccc7c6c5)cc4)c4cccc5ccccc45)ccc32)cc1. The lowest BCUT2D eigenvalue weighted by atomic mass is 10.0. The molecule has 230 valence electrons. The molecule has 10 aromatic rings. The number of anilines is 3. The molecule has 2 aromatic heterocycles. The van der Waals surface area contributed by atoms with E-state index < -0.39 is 0 Å². The van der Waals surface area contributed by atoms with Crippen LogP contribution in [0, 0.1) is 0 Å². The number of aromatic nitrogens is 1. The van der Waals surface area contributed by atoms with Gasteiger partial charge in [0, 0.05) is 53.4 Å². The van der Waals surface area contributed by atoms with E-state index in [2.05, 4.69) is 191 Å². The van der Waals surface area contributed by atoms with Gasteiger partial charge in [0.1, 0.15) is 0 Å². The fraction of sp³-hybridized carbons (Fsp3) is 0. The normalized spacial score (nSPS) is 11.7. The Hall–Kier alpha value is -6.16. The standard InChI is InChI=1S/C46H30N2S/c1-2-13-34(14-3-1)48-43-18-8-6-16-38(43)40-30-36(26-27-44(40)48)47(42-19-10-12-32-11-4-5-15-37(32)42)35-24-21-31(22-25-35)33-23-28-46-41(29-33)39-17-7-9-20-45(39)49-46/h1-30H. The number of nitrogens with zero attached hydrogens (tertiary/aromatic N) is 2. The third kappa shape index (κ3) is 4.55. The van der Waals surface area contributed by atoms with Crippen LogP contribution in [0.5, 0.6) is 0 Å². The molecular weight excluding hydrogens is 613 g/mol. The monoisotopic (exact) mass is 642 g/mol. The van der Waals surface area contributed by atoms with Crippen molar-refractivity contribution in [3.63, 3.8) is 0 Å². The van der Waals surface area contributed by atoms with Crippen LogP contribution in [0.4, 0.5) is 17.1 Å². The predicted octanol–water partition coefficient (Wildman–Crippen LogP) is 13.4. The van der Waals surface area contributed by atoms with Crippen LogP contribution in [0.3, 0.4) is 0 Å². The van der Waals surface area contributed by atoms with E-state index in [1.165, 1.54) is 63.9 Å². The van der Waals surface area contributed by atoms with Gasteiger partial charge in [0.25, 0.3) is 0 Å². The molecule has 0 bridgehead atoms. The molecule has 0 saturated heterocycles. The molecule has 2 heterocycles. The Morgan fingerprint density at radius 1 is 0.388 bits per heavy atom. The van der Waals surface area contributed by atoms with Crippen molar-refractivity contribution in [3.05, 3.63) is 182 Å². The number of fused-ring (bicyclic) bond motifs is 7. The van der Waals surface area contributed by atoms with Crippen LogP contribution < -0.4 is 4.90 Å². The summed E-state index contributed by atoms with van der Waals surface area (Å²) in [6.45, 7) is 0. The van der Waals surface area contributed by atoms with Crippen molar-refractivity contribution in [1.82, 2.24) is 4.57 Å². The molecule has 10 rings (SSSR count). The summed E-state index contributed by atoms with van der Waals surface area (Å²) in [5.74, 6) is 0. The summed E-state index contributed by atoms with van der Waals surface area (Å²) < 4.78 is 5.03. The fourth-order valence-electron chi connectivity index (χ4n) is 7.49. The quantitative estimate of drug-likeness (QED) is 0.181. The first-order valence-electron chi connectivity index (χ1n) is 16.7. The van der Waals surface area contributed by atoms with Gasteiger partial charge < -0.3 is 9.47 Å².